The lowest BCUT2D eigenvalue weighted by Gasteiger charge is -2.25. The first-order valence-corrected chi connectivity index (χ1v) is 7.23. The molecule has 0 heterocycles. The fourth-order valence-electron chi connectivity index (χ4n) is 2.50. The summed E-state index contributed by atoms with van der Waals surface area (Å²) in [5, 5.41) is 0. The normalized spacial score (nSPS) is 12.2. The summed E-state index contributed by atoms with van der Waals surface area (Å²) in [5.41, 5.74) is 11.4. The smallest absolute Gasteiger partial charge is 0.0428 e. The first-order chi connectivity index (χ1) is 9.63. The van der Waals surface area contributed by atoms with Crippen molar-refractivity contribution >= 4 is 5.69 Å². The van der Waals surface area contributed by atoms with Crippen LogP contribution in [0.1, 0.15) is 36.1 Å². The molecule has 0 fully saturated rings. The lowest BCUT2D eigenvalue weighted by molar-refractivity contribution is 0.694. The number of hydrogen-bond donors (Lipinski definition) is 1. The molecule has 1 atom stereocenters. The van der Waals surface area contributed by atoms with E-state index >= 15 is 0 Å². The molecule has 0 amide bonds. The average Bonchev–Trinajstić information content (AvgIpc) is 2.48. The Balaban J connectivity index is 2.26. The third kappa shape index (κ3) is 3.20. The van der Waals surface area contributed by atoms with E-state index in [1.165, 1.54) is 22.4 Å². The second-order valence-corrected chi connectivity index (χ2v) is 5.36. The summed E-state index contributed by atoms with van der Waals surface area (Å²) < 4.78 is 0. The highest BCUT2D eigenvalue weighted by Gasteiger charge is 2.12. The molecule has 0 aliphatic rings. The van der Waals surface area contributed by atoms with Crippen molar-refractivity contribution in [1.82, 2.24) is 0 Å². The van der Waals surface area contributed by atoms with Crippen LogP contribution in [0.4, 0.5) is 5.69 Å². The van der Waals surface area contributed by atoms with E-state index in [0.29, 0.717) is 0 Å². The Hall–Kier alpha value is -1.80. The fraction of sp³-hybridized carbons (Fsp3) is 0.333. The van der Waals surface area contributed by atoms with Crippen LogP contribution in [-0.2, 0) is 6.54 Å². The summed E-state index contributed by atoms with van der Waals surface area (Å²) in [5.74, 6) is 0. The van der Waals surface area contributed by atoms with E-state index < -0.39 is 0 Å². The number of rotatable bonds is 5. The minimum Gasteiger partial charge on any atom is -0.370 e. The maximum Gasteiger partial charge on any atom is 0.0428 e. The van der Waals surface area contributed by atoms with E-state index in [1.54, 1.807) is 0 Å². The Labute approximate surface area is 122 Å². The van der Waals surface area contributed by atoms with Crippen molar-refractivity contribution in [2.45, 2.75) is 32.9 Å². The highest BCUT2D eigenvalue weighted by molar-refractivity contribution is 5.55. The van der Waals surface area contributed by atoms with Gasteiger partial charge in [-0.25, -0.2) is 0 Å². The van der Waals surface area contributed by atoms with E-state index in [1.807, 2.05) is 0 Å². The van der Waals surface area contributed by atoms with Crippen molar-refractivity contribution in [2.24, 2.45) is 5.73 Å². The second-order valence-electron chi connectivity index (χ2n) is 5.36. The Bertz CT molecular complexity index is 563. The summed E-state index contributed by atoms with van der Waals surface area (Å²) in [4.78, 5) is 2.28. The van der Waals surface area contributed by atoms with E-state index in [9.17, 15) is 0 Å². The predicted molar refractivity (Wildman–Crippen MR) is 86.9 cm³/mol. The van der Waals surface area contributed by atoms with Crippen LogP contribution in [0.2, 0.25) is 0 Å². The molecule has 0 aromatic heterocycles. The van der Waals surface area contributed by atoms with E-state index in [2.05, 4.69) is 74.3 Å². The largest absolute Gasteiger partial charge is 0.370 e. The number of nitrogens with zero attached hydrogens (tertiary/aromatic N) is 1. The summed E-state index contributed by atoms with van der Waals surface area (Å²) in [6.45, 7) is 5.19. The van der Waals surface area contributed by atoms with Gasteiger partial charge in [0.2, 0.25) is 0 Å². The van der Waals surface area contributed by atoms with Gasteiger partial charge in [0, 0.05) is 25.3 Å². The third-order valence-electron chi connectivity index (χ3n) is 3.86. The van der Waals surface area contributed by atoms with Crippen molar-refractivity contribution in [2.75, 3.05) is 11.9 Å². The maximum absolute atomic E-state index is 6.23. The number of benzene rings is 2. The zero-order valence-corrected chi connectivity index (χ0v) is 12.6. The zero-order chi connectivity index (χ0) is 14.5. The highest BCUT2D eigenvalue weighted by atomic mass is 15.1. The molecule has 0 saturated heterocycles. The van der Waals surface area contributed by atoms with Crippen LogP contribution in [0, 0.1) is 6.92 Å². The van der Waals surface area contributed by atoms with Crippen LogP contribution in [-0.4, -0.2) is 7.05 Å². The molecular weight excluding hydrogens is 244 g/mol. The van der Waals surface area contributed by atoms with Gasteiger partial charge < -0.3 is 10.6 Å². The number of nitrogens with two attached hydrogens (primary N) is 1. The molecule has 0 aliphatic carbocycles. The maximum atomic E-state index is 6.23. The van der Waals surface area contributed by atoms with Crippen LogP contribution in [0.15, 0.2) is 48.5 Å². The zero-order valence-electron chi connectivity index (χ0n) is 12.6. The van der Waals surface area contributed by atoms with Gasteiger partial charge in [0.05, 0.1) is 0 Å². The molecule has 2 nitrogen and oxygen atoms in total. The van der Waals surface area contributed by atoms with Gasteiger partial charge in [0.15, 0.2) is 0 Å². The monoisotopic (exact) mass is 268 g/mol. The Morgan fingerprint density at radius 3 is 2.40 bits per heavy atom. The molecule has 2 heteroatoms. The molecule has 2 aromatic carbocycles. The molecule has 0 radical (unpaired) electrons. The highest BCUT2D eigenvalue weighted by Crippen LogP contribution is 2.27. The Morgan fingerprint density at radius 2 is 1.70 bits per heavy atom. The predicted octanol–water partition coefficient (Wildman–Crippen LogP) is 4.04. The second kappa shape index (κ2) is 6.58. The van der Waals surface area contributed by atoms with Crippen LogP contribution >= 0.6 is 0 Å². The fourth-order valence-corrected chi connectivity index (χ4v) is 2.50. The number of anilines is 1. The van der Waals surface area contributed by atoms with Crippen LogP contribution < -0.4 is 10.6 Å². The molecule has 1 unspecified atom stereocenters. The van der Waals surface area contributed by atoms with E-state index in [-0.39, 0.29) is 6.04 Å². The molecule has 2 N–H and O–H groups in total. The molecule has 0 bridgehead atoms. The van der Waals surface area contributed by atoms with Gasteiger partial charge >= 0.3 is 0 Å². The quantitative estimate of drug-likeness (QED) is 0.886. The van der Waals surface area contributed by atoms with Gasteiger partial charge in [-0.2, -0.15) is 0 Å². The standard InChI is InChI=1S/C18H24N2/c1-4-17(19)16-11-7-8-12-18(16)20(3)13-15-10-6-5-9-14(15)2/h5-12,17H,4,13,19H2,1-3H3. The molecular formula is C18H24N2. The molecule has 0 saturated carbocycles. The van der Waals surface area contributed by atoms with Crippen molar-refractivity contribution < 1.29 is 0 Å². The molecule has 106 valence electrons. The van der Waals surface area contributed by atoms with E-state index in [0.717, 1.165) is 13.0 Å². The number of hydrogen-bond acceptors (Lipinski definition) is 2. The van der Waals surface area contributed by atoms with Crippen molar-refractivity contribution in [3.05, 3.63) is 65.2 Å². The Morgan fingerprint density at radius 1 is 1.05 bits per heavy atom. The minimum absolute atomic E-state index is 0.102. The van der Waals surface area contributed by atoms with Gasteiger partial charge in [-0.1, -0.05) is 49.4 Å². The van der Waals surface area contributed by atoms with E-state index in [4.69, 9.17) is 5.73 Å². The third-order valence-corrected chi connectivity index (χ3v) is 3.86. The topological polar surface area (TPSA) is 29.3 Å². The van der Waals surface area contributed by atoms with Crippen molar-refractivity contribution in [3.8, 4) is 0 Å². The average molecular weight is 268 g/mol. The molecule has 20 heavy (non-hydrogen) atoms. The summed E-state index contributed by atoms with van der Waals surface area (Å²) >= 11 is 0. The van der Waals surface area contributed by atoms with Gasteiger partial charge in [0.25, 0.3) is 0 Å². The van der Waals surface area contributed by atoms with Gasteiger partial charge in [-0.3, -0.25) is 0 Å². The minimum atomic E-state index is 0.102. The van der Waals surface area contributed by atoms with Gasteiger partial charge in [-0.15, -0.1) is 0 Å². The first-order valence-electron chi connectivity index (χ1n) is 7.23. The van der Waals surface area contributed by atoms with Gasteiger partial charge in [0.1, 0.15) is 0 Å². The van der Waals surface area contributed by atoms with Crippen LogP contribution in [0.25, 0.3) is 0 Å². The summed E-state index contributed by atoms with van der Waals surface area (Å²) in [7, 11) is 2.13. The van der Waals surface area contributed by atoms with Crippen LogP contribution in [0.5, 0.6) is 0 Å². The van der Waals surface area contributed by atoms with Crippen molar-refractivity contribution in [3.63, 3.8) is 0 Å². The summed E-state index contributed by atoms with van der Waals surface area (Å²) in [6, 6.07) is 17.1. The number of aryl methyl sites for hydroxylation is 1. The first kappa shape index (κ1) is 14.6. The lowest BCUT2D eigenvalue weighted by Crippen LogP contribution is -2.21. The molecule has 0 aliphatic heterocycles. The van der Waals surface area contributed by atoms with Crippen molar-refractivity contribution in [1.29, 1.82) is 0 Å². The Kier molecular flexibility index (Phi) is 4.80. The number of para-hydroxylation sites is 1. The lowest BCUT2D eigenvalue weighted by atomic mass is 10.0. The van der Waals surface area contributed by atoms with Crippen LogP contribution in [0.3, 0.4) is 0 Å². The molecule has 0 spiro atoms. The molecule has 2 rings (SSSR count). The summed E-state index contributed by atoms with van der Waals surface area (Å²) in [6.07, 6.45) is 0.954. The molecule has 2 aromatic rings. The SMILES string of the molecule is CCC(N)c1ccccc1N(C)Cc1ccccc1C. The van der Waals surface area contributed by atoms with Gasteiger partial charge in [-0.05, 0) is 36.1 Å².